The molecule has 7 nitrogen and oxygen atoms in total. The Morgan fingerprint density at radius 3 is 1.68 bits per heavy atom. The van der Waals surface area contributed by atoms with Gasteiger partial charge in [0.25, 0.3) is 19.7 Å². The molecule has 0 fully saturated rings. The van der Waals surface area contributed by atoms with Crippen molar-refractivity contribution in [1.29, 1.82) is 0 Å². The van der Waals surface area contributed by atoms with E-state index >= 15 is 0 Å². The number of hydrogen-bond acceptors (Lipinski definition) is 7. The Hall–Kier alpha value is -1.35. The lowest BCUT2D eigenvalue weighted by Crippen LogP contribution is -2.46. The zero-order valence-corrected chi connectivity index (χ0v) is 13.9. The van der Waals surface area contributed by atoms with Crippen LogP contribution in [0.3, 0.4) is 0 Å². The fraction of sp³-hybridized carbons (Fsp3) is 0.700. The molecule has 0 saturated carbocycles. The minimum Gasteiger partial charge on any atom is -0.460 e. The van der Waals surface area contributed by atoms with Crippen molar-refractivity contribution in [2.45, 2.75) is 35.0 Å². The lowest BCUT2D eigenvalue weighted by molar-refractivity contribution is -0.141. The molecule has 0 radical (unpaired) electrons. The van der Waals surface area contributed by atoms with Crippen LogP contribution in [0.4, 0.5) is 26.3 Å². The lowest BCUT2D eigenvalue weighted by Gasteiger charge is -2.22. The average Bonchev–Trinajstić information content (AvgIpc) is 2.38. The summed E-state index contributed by atoms with van der Waals surface area (Å²) >= 11 is 0. The number of halogens is 6. The predicted molar refractivity (Wildman–Crippen MR) is 70.1 cm³/mol. The molecular formula is C10H12F6O7S2. The van der Waals surface area contributed by atoms with Crippen LogP contribution in [-0.2, 0) is 29.2 Å². The summed E-state index contributed by atoms with van der Waals surface area (Å²) in [5.41, 5.74) is -12.9. The number of aliphatic hydroxyl groups excluding tert-OH is 1. The van der Waals surface area contributed by atoms with E-state index in [1.165, 1.54) is 0 Å². The molecule has 0 aromatic carbocycles. The van der Waals surface area contributed by atoms with Gasteiger partial charge in [0.2, 0.25) is 0 Å². The number of alkyl halides is 6. The second-order valence-electron chi connectivity index (χ2n) is 4.68. The van der Waals surface area contributed by atoms with Crippen LogP contribution in [0.25, 0.3) is 0 Å². The van der Waals surface area contributed by atoms with E-state index in [-0.39, 0.29) is 5.57 Å². The Bertz CT molecular complexity index is 676. The van der Waals surface area contributed by atoms with Crippen LogP contribution in [0.15, 0.2) is 12.2 Å². The molecule has 0 bridgehead atoms. The molecular weight excluding hydrogens is 410 g/mol. The summed E-state index contributed by atoms with van der Waals surface area (Å²) in [4.78, 5) is 11.0. The van der Waals surface area contributed by atoms with E-state index in [1.54, 1.807) is 0 Å². The van der Waals surface area contributed by atoms with Crippen LogP contribution in [0, 0.1) is 0 Å². The quantitative estimate of drug-likeness (QED) is 0.371. The zero-order valence-electron chi connectivity index (χ0n) is 12.3. The van der Waals surface area contributed by atoms with Crippen molar-refractivity contribution >= 4 is 25.6 Å². The molecule has 1 atom stereocenters. The molecule has 0 spiro atoms. The number of esters is 1. The summed E-state index contributed by atoms with van der Waals surface area (Å²) in [5.74, 6) is -1.19. The van der Waals surface area contributed by atoms with Gasteiger partial charge in [-0.3, -0.25) is 0 Å². The molecule has 1 unspecified atom stereocenters. The van der Waals surface area contributed by atoms with E-state index in [0.29, 0.717) is 0 Å². The second-order valence-corrected chi connectivity index (χ2v) is 9.22. The Labute approximate surface area is 138 Å². The van der Waals surface area contributed by atoms with Gasteiger partial charge in [-0.2, -0.15) is 26.3 Å². The molecule has 15 heteroatoms. The number of carbonyl (C=O) groups is 1. The van der Waals surface area contributed by atoms with Crippen molar-refractivity contribution < 1.29 is 57.8 Å². The summed E-state index contributed by atoms with van der Waals surface area (Å²) in [6, 6.07) is 0. The van der Waals surface area contributed by atoms with Crippen LogP contribution in [0.2, 0.25) is 0 Å². The molecule has 0 saturated heterocycles. The van der Waals surface area contributed by atoms with Crippen molar-refractivity contribution in [2.24, 2.45) is 0 Å². The van der Waals surface area contributed by atoms with Gasteiger partial charge in [0.1, 0.15) is 6.61 Å². The number of aliphatic hydroxyl groups is 1. The fourth-order valence-corrected chi connectivity index (χ4v) is 4.84. The van der Waals surface area contributed by atoms with Crippen LogP contribution in [0.5, 0.6) is 0 Å². The predicted octanol–water partition coefficient (Wildman–Crippen LogP) is 1.05. The van der Waals surface area contributed by atoms with E-state index in [0.717, 1.165) is 6.92 Å². The highest BCUT2D eigenvalue weighted by molar-refractivity contribution is 8.09. The van der Waals surface area contributed by atoms with Crippen molar-refractivity contribution in [3.63, 3.8) is 0 Å². The summed E-state index contributed by atoms with van der Waals surface area (Å²) < 4.78 is 120. The maximum absolute atomic E-state index is 12.5. The highest BCUT2D eigenvalue weighted by atomic mass is 32.3. The molecule has 0 amide bonds. The highest BCUT2D eigenvalue weighted by Crippen LogP contribution is 2.38. The number of hydrogen-bond donors (Lipinski definition) is 1. The number of sulfone groups is 2. The molecule has 0 aliphatic heterocycles. The number of carbonyl (C=O) groups excluding carboxylic acids is 1. The van der Waals surface area contributed by atoms with Crippen molar-refractivity contribution in [2.75, 3.05) is 6.61 Å². The van der Waals surface area contributed by atoms with Crippen LogP contribution < -0.4 is 0 Å². The van der Waals surface area contributed by atoms with E-state index < -0.39 is 60.4 Å². The first kappa shape index (κ1) is 23.6. The van der Waals surface area contributed by atoms with Crippen LogP contribution >= 0.6 is 0 Å². The Morgan fingerprint density at radius 2 is 1.40 bits per heavy atom. The molecule has 0 aromatic heterocycles. The van der Waals surface area contributed by atoms with Crippen molar-refractivity contribution in [1.82, 2.24) is 0 Å². The molecule has 148 valence electrons. The maximum atomic E-state index is 12.5. The number of ether oxygens (including phenoxy) is 1. The lowest BCUT2D eigenvalue weighted by atomic mass is 10.3. The van der Waals surface area contributed by atoms with Crippen LogP contribution in [0.1, 0.15) is 13.3 Å². The standard InChI is InChI=1S/C10H12F6O7S2/c1-5(2)8(18)23-4-6(17)3-7(24(19,20)9(11,12)13)25(21,22)10(14,15)16/h6-7,17H,1,3-4H2,2H3. The molecule has 0 rings (SSSR count). The molecule has 0 aliphatic carbocycles. The van der Waals surface area contributed by atoms with Gasteiger partial charge >= 0.3 is 17.0 Å². The second kappa shape index (κ2) is 7.49. The largest absolute Gasteiger partial charge is 0.498 e. The van der Waals surface area contributed by atoms with E-state index in [4.69, 9.17) is 0 Å². The number of rotatable bonds is 7. The van der Waals surface area contributed by atoms with Crippen molar-refractivity contribution in [3.05, 3.63) is 12.2 Å². The zero-order chi connectivity index (χ0) is 20.4. The molecule has 0 aromatic rings. The van der Waals surface area contributed by atoms with Crippen molar-refractivity contribution in [3.8, 4) is 0 Å². The van der Waals surface area contributed by atoms with E-state index in [9.17, 15) is 53.1 Å². The summed E-state index contributed by atoms with van der Waals surface area (Å²) in [6.45, 7) is 2.97. The minimum atomic E-state index is -6.86. The summed E-state index contributed by atoms with van der Waals surface area (Å²) in [7, 11) is -13.7. The Morgan fingerprint density at radius 1 is 1.04 bits per heavy atom. The third-order valence-electron chi connectivity index (χ3n) is 2.56. The summed E-state index contributed by atoms with van der Waals surface area (Å²) in [6.07, 6.45) is -4.46. The molecule has 0 heterocycles. The molecule has 0 aliphatic rings. The van der Waals surface area contributed by atoms with E-state index in [2.05, 4.69) is 11.3 Å². The average molecular weight is 422 g/mol. The monoisotopic (exact) mass is 422 g/mol. The first-order valence-corrected chi connectivity index (χ1v) is 9.06. The first-order chi connectivity index (χ1) is 10.9. The topological polar surface area (TPSA) is 115 Å². The van der Waals surface area contributed by atoms with Gasteiger partial charge in [0, 0.05) is 12.0 Å². The Balaban J connectivity index is 5.75. The third-order valence-corrected chi connectivity index (χ3v) is 7.14. The summed E-state index contributed by atoms with van der Waals surface area (Å²) in [5, 5.41) is 9.34. The van der Waals surface area contributed by atoms with Gasteiger partial charge in [0.15, 0.2) is 4.58 Å². The molecule has 1 N–H and O–H groups in total. The normalized spacial score (nSPS) is 15.1. The van der Waals surface area contributed by atoms with Gasteiger partial charge in [-0.15, -0.1) is 0 Å². The van der Waals surface area contributed by atoms with Gasteiger partial charge in [-0.1, -0.05) is 6.58 Å². The van der Waals surface area contributed by atoms with Gasteiger partial charge in [-0.05, 0) is 6.92 Å². The highest BCUT2D eigenvalue weighted by Gasteiger charge is 2.63. The maximum Gasteiger partial charge on any atom is 0.498 e. The first-order valence-electron chi connectivity index (χ1n) is 5.96. The fourth-order valence-electron chi connectivity index (χ4n) is 1.30. The minimum absolute atomic E-state index is 0.241. The van der Waals surface area contributed by atoms with E-state index in [1.807, 2.05) is 0 Å². The van der Waals surface area contributed by atoms with Gasteiger partial charge in [-0.25, -0.2) is 21.6 Å². The Kier molecular flexibility index (Phi) is 7.09. The SMILES string of the molecule is C=C(C)C(=O)OCC(O)CC(S(=O)(=O)C(F)(F)F)S(=O)(=O)C(F)(F)F. The van der Waals surface area contributed by atoms with Gasteiger partial charge in [0.05, 0.1) is 6.10 Å². The smallest absolute Gasteiger partial charge is 0.460 e. The third kappa shape index (κ3) is 5.57. The van der Waals surface area contributed by atoms with Crippen LogP contribution in [-0.4, -0.2) is 56.2 Å². The van der Waals surface area contributed by atoms with Gasteiger partial charge < -0.3 is 9.84 Å². The molecule has 25 heavy (non-hydrogen) atoms.